The van der Waals surface area contributed by atoms with Gasteiger partial charge < -0.3 is 20.1 Å². The summed E-state index contributed by atoms with van der Waals surface area (Å²) in [6, 6.07) is 0.00837. The molecule has 0 aromatic carbocycles. The summed E-state index contributed by atoms with van der Waals surface area (Å²) >= 11 is 0. The van der Waals surface area contributed by atoms with Crippen LogP contribution in [-0.4, -0.2) is 54.4 Å². The molecule has 2 saturated heterocycles. The molecule has 6 nitrogen and oxygen atoms in total. The Kier molecular flexibility index (Phi) is 5.45. The number of carboxylic acids is 1. The van der Waals surface area contributed by atoms with Crippen molar-refractivity contribution in [3.8, 4) is 0 Å². The standard InChI is InChI=1S/C15H26N2O4/c1-2-5-15(13(18)19)6-8-17(9-7-15)14(20)16-12-4-3-10-21-11-12/h12H,2-11H2,1H3,(H,16,20)(H,18,19). The number of amides is 2. The van der Waals surface area contributed by atoms with E-state index in [2.05, 4.69) is 5.32 Å². The predicted octanol–water partition coefficient (Wildman–Crippen LogP) is 1.84. The lowest BCUT2D eigenvalue weighted by atomic mass is 9.75. The number of hydrogen-bond acceptors (Lipinski definition) is 3. The first kappa shape index (κ1) is 16.1. The first-order chi connectivity index (χ1) is 10.1. The van der Waals surface area contributed by atoms with Gasteiger partial charge in [-0.25, -0.2) is 4.79 Å². The molecule has 0 aromatic rings. The van der Waals surface area contributed by atoms with Crippen molar-refractivity contribution < 1.29 is 19.4 Å². The smallest absolute Gasteiger partial charge is 0.317 e. The van der Waals surface area contributed by atoms with Crippen LogP contribution in [0.5, 0.6) is 0 Å². The highest BCUT2D eigenvalue weighted by Crippen LogP contribution is 2.36. The van der Waals surface area contributed by atoms with Crippen molar-refractivity contribution in [1.82, 2.24) is 10.2 Å². The number of carbonyl (C=O) groups excluding carboxylic acids is 1. The fourth-order valence-electron chi connectivity index (χ4n) is 3.31. The number of ether oxygens (including phenoxy) is 1. The number of nitrogens with one attached hydrogen (secondary N) is 1. The van der Waals surface area contributed by atoms with Crippen molar-refractivity contribution in [2.75, 3.05) is 26.3 Å². The lowest BCUT2D eigenvalue weighted by Crippen LogP contribution is -2.52. The monoisotopic (exact) mass is 298 g/mol. The minimum atomic E-state index is -0.718. The van der Waals surface area contributed by atoms with Crippen LogP contribution in [0.4, 0.5) is 4.79 Å². The van der Waals surface area contributed by atoms with Gasteiger partial charge in [0.1, 0.15) is 0 Å². The van der Waals surface area contributed by atoms with E-state index in [0.717, 1.165) is 25.9 Å². The molecule has 2 N–H and O–H groups in total. The first-order valence-corrected chi connectivity index (χ1v) is 7.94. The Labute approximate surface area is 125 Å². The third-order valence-electron chi connectivity index (χ3n) is 4.68. The van der Waals surface area contributed by atoms with Gasteiger partial charge >= 0.3 is 12.0 Å². The summed E-state index contributed by atoms with van der Waals surface area (Å²) in [6.07, 6.45) is 4.57. The minimum absolute atomic E-state index is 0.0824. The highest BCUT2D eigenvalue weighted by Gasteiger charge is 2.41. The van der Waals surface area contributed by atoms with Crippen LogP contribution in [0.2, 0.25) is 0 Å². The molecule has 2 heterocycles. The van der Waals surface area contributed by atoms with E-state index in [-0.39, 0.29) is 12.1 Å². The molecule has 21 heavy (non-hydrogen) atoms. The molecule has 0 bridgehead atoms. The van der Waals surface area contributed by atoms with E-state index >= 15 is 0 Å². The number of piperidine rings is 1. The number of carbonyl (C=O) groups is 2. The number of likely N-dealkylation sites (tertiary alicyclic amines) is 1. The van der Waals surface area contributed by atoms with Gasteiger partial charge in [0.25, 0.3) is 0 Å². The molecule has 120 valence electrons. The Morgan fingerprint density at radius 3 is 2.62 bits per heavy atom. The molecule has 0 aromatic heterocycles. The van der Waals surface area contributed by atoms with Crippen molar-refractivity contribution >= 4 is 12.0 Å². The van der Waals surface area contributed by atoms with Crippen molar-refractivity contribution in [2.24, 2.45) is 5.41 Å². The molecule has 2 aliphatic heterocycles. The molecular formula is C15H26N2O4. The Bertz CT molecular complexity index is 372. The van der Waals surface area contributed by atoms with Gasteiger partial charge in [0.2, 0.25) is 0 Å². The number of urea groups is 1. The van der Waals surface area contributed by atoms with Gasteiger partial charge in [0.15, 0.2) is 0 Å². The van der Waals surface area contributed by atoms with Gasteiger partial charge in [0, 0.05) is 19.7 Å². The SMILES string of the molecule is CCCC1(C(=O)O)CCN(C(=O)NC2CCCOC2)CC1. The van der Waals surface area contributed by atoms with E-state index in [1.807, 2.05) is 6.92 Å². The van der Waals surface area contributed by atoms with Crippen molar-refractivity contribution in [2.45, 2.75) is 51.5 Å². The maximum atomic E-state index is 12.2. The second-order valence-electron chi connectivity index (χ2n) is 6.19. The molecule has 1 atom stereocenters. The van der Waals surface area contributed by atoms with Gasteiger partial charge in [-0.1, -0.05) is 13.3 Å². The molecule has 1 unspecified atom stereocenters. The summed E-state index contributed by atoms with van der Waals surface area (Å²) in [5.74, 6) is -0.718. The number of nitrogens with zero attached hydrogens (tertiary/aromatic N) is 1. The molecule has 2 rings (SSSR count). The van der Waals surface area contributed by atoms with Gasteiger partial charge in [-0.3, -0.25) is 4.79 Å². The zero-order valence-corrected chi connectivity index (χ0v) is 12.8. The number of hydrogen-bond donors (Lipinski definition) is 2. The van der Waals surface area contributed by atoms with Crippen LogP contribution in [0.15, 0.2) is 0 Å². The summed E-state index contributed by atoms with van der Waals surface area (Å²) in [5.41, 5.74) is -0.639. The second kappa shape index (κ2) is 7.11. The van der Waals surface area contributed by atoms with Crippen molar-refractivity contribution in [3.05, 3.63) is 0 Å². The third kappa shape index (κ3) is 3.87. The quantitative estimate of drug-likeness (QED) is 0.830. The van der Waals surface area contributed by atoms with Gasteiger partial charge in [-0.2, -0.15) is 0 Å². The minimum Gasteiger partial charge on any atom is -0.481 e. The average Bonchev–Trinajstić information content (AvgIpc) is 2.49. The topological polar surface area (TPSA) is 78.9 Å². The van der Waals surface area contributed by atoms with Crippen LogP contribution in [0, 0.1) is 5.41 Å². The van der Waals surface area contributed by atoms with Crippen LogP contribution in [-0.2, 0) is 9.53 Å². The maximum Gasteiger partial charge on any atom is 0.317 e. The van der Waals surface area contributed by atoms with E-state index in [1.54, 1.807) is 4.90 Å². The number of aliphatic carboxylic acids is 1. The van der Waals surface area contributed by atoms with E-state index in [1.165, 1.54) is 0 Å². The molecule has 2 fully saturated rings. The average molecular weight is 298 g/mol. The summed E-state index contributed by atoms with van der Waals surface area (Å²) in [5, 5.41) is 12.5. The van der Waals surface area contributed by atoms with Crippen LogP contribution >= 0.6 is 0 Å². The van der Waals surface area contributed by atoms with Crippen molar-refractivity contribution in [1.29, 1.82) is 0 Å². The Morgan fingerprint density at radius 1 is 1.38 bits per heavy atom. The van der Waals surface area contributed by atoms with Gasteiger partial charge in [0.05, 0.1) is 18.1 Å². The Balaban J connectivity index is 1.84. The van der Waals surface area contributed by atoms with Crippen LogP contribution in [0.3, 0.4) is 0 Å². The highest BCUT2D eigenvalue weighted by molar-refractivity contribution is 5.77. The molecular weight excluding hydrogens is 272 g/mol. The van der Waals surface area contributed by atoms with E-state index in [4.69, 9.17) is 4.74 Å². The van der Waals surface area contributed by atoms with Crippen molar-refractivity contribution in [3.63, 3.8) is 0 Å². The van der Waals surface area contributed by atoms with E-state index in [0.29, 0.717) is 39.0 Å². The lowest BCUT2D eigenvalue weighted by Gasteiger charge is -2.39. The van der Waals surface area contributed by atoms with E-state index < -0.39 is 11.4 Å². The Morgan fingerprint density at radius 2 is 2.10 bits per heavy atom. The molecule has 0 saturated carbocycles. The number of carboxylic acid groups (broad SMARTS) is 1. The third-order valence-corrected chi connectivity index (χ3v) is 4.68. The molecule has 2 amide bonds. The van der Waals surface area contributed by atoms with Crippen LogP contribution < -0.4 is 5.32 Å². The maximum absolute atomic E-state index is 12.2. The van der Waals surface area contributed by atoms with Gasteiger partial charge in [-0.15, -0.1) is 0 Å². The van der Waals surface area contributed by atoms with Crippen LogP contribution in [0.25, 0.3) is 0 Å². The fourth-order valence-corrected chi connectivity index (χ4v) is 3.31. The number of rotatable bonds is 4. The highest BCUT2D eigenvalue weighted by atomic mass is 16.5. The van der Waals surface area contributed by atoms with E-state index in [9.17, 15) is 14.7 Å². The van der Waals surface area contributed by atoms with Crippen LogP contribution in [0.1, 0.15) is 45.4 Å². The molecule has 0 spiro atoms. The largest absolute Gasteiger partial charge is 0.481 e. The zero-order chi connectivity index (χ0) is 15.3. The lowest BCUT2D eigenvalue weighted by molar-refractivity contribution is -0.152. The first-order valence-electron chi connectivity index (χ1n) is 7.94. The zero-order valence-electron chi connectivity index (χ0n) is 12.8. The normalized spacial score (nSPS) is 25.4. The molecule has 6 heteroatoms. The molecule has 2 aliphatic rings. The molecule has 0 aliphatic carbocycles. The summed E-state index contributed by atoms with van der Waals surface area (Å²) < 4.78 is 5.36. The molecule has 0 radical (unpaired) electrons. The summed E-state index contributed by atoms with van der Waals surface area (Å²) in [6.45, 7) is 4.40. The predicted molar refractivity (Wildman–Crippen MR) is 78.2 cm³/mol. The second-order valence-corrected chi connectivity index (χ2v) is 6.19. The fraction of sp³-hybridized carbons (Fsp3) is 0.867. The summed E-state index contributed by atoms with van der Waals surface area (Å²) in [4.78, 5) is 25.5. The summed E-state index contributed by atoms with van der Waals surface area (Å²) in [7, 11) is 0. The van der Waals surface area contributed by atoms with Gasteiger partial charge in [-0.05, 0) is 32.1 Å². The Hall–Kier alpha value is -1.30.